The fourth-order valence-electron chi connectivity index (χ4n) is 4.28. The van der Waals surface area contributed by atoms with Crippen LogP contribution < -0.4 is 24.3 Å². The number of hydrogen-bond donors (Lipinski definition) is 1. The van der Waals surface area contributed by atoms with Crippen molar-refractivity contribution in [2.45, 2.75) is 37.6 Å². The Kier molecular flexibility index (Phi) is 5.12. The van der Waals surface area contributed by atoms with Crippen molar-refractivity contribution >= 4 is 0 Å². The van der Waals surface area contributed by atoms with Crippen LogP contribution in [-0.4, -0.2) is 27.6 Å². The molecule has 2 aromatic rings. The largest absolute Gasteiger partial charge is 0.493 e. The first-order valence-corrected chi connectivity index (χ1v) is 9.56. The first kappa shape index (κ1) is 18.0. The molecule has 0 unspecified atom stereocenters. The van der Waals surface area contributed by atoms with Gasteiger partial charge in [-0.3, -0.25) is 0 Å². The van der Waals surface area contributed by atoms with E-state index in [4.69, 9.17) is 18.9 Å². The third kappa shape index (κ3) is 3.56. The number of rotatable bonds is 7. The van der Waals surface area contributed by atoms with Gasteiger partial charge < -0.3 is 24.3 Å². The van der Waals surface area contributed by atoms with Crippen molar-refractivity contribution in [3.05, 3.63) is 47.5 Å². The van der Waals surface area contributed by atoms with Crippen molar-refractivity contribution in [2.75, 3.05) is 27.6 Å². The molecule has 4 rings (SSSR count). The van der Waals surface area contributed by atoms with Crippen LogP contribution in [0, 0.1) is 0 Å². The molecule has 1 aliphatic carbocycles. The molecule has 144 valence electrons. The van der Waals surface area contributed by atoms with Gasteiger partial charge in [0.25, 0.3) is 0 Å². The minimum atomic E-state index is 0.149. The highest BCUT2D eigenvalue weighted by Crippen LogP contribution is 2.43. The Morgan fingerprint density at radius 3 is 2.48 bits per heavy atom. The zero-order chi connectivity index (χ0) is 18.7. The van der Waals surface area contributed by atoms with Crippen LogP contribution in [0.1, 0.15) is 36.8 Å². The third-order valence-corrected chi connectivity index (χ3v) is 5.79. The van der Waals surface area contributed by atoms with E-state index in [0.29, 0.717) is 6.79 Å². The van der Waals surface area contributed by atoms with Crippen LogP contribution in [0.4, 0.5) is 0 Å². The third-order valence-electron chi connectivity index (χ3n) is 5.79. The normalized spacial score (nSPS) is 17.1. The number of methoxy groups -OCH3 is 2. The Morgan fingerprint density at radius 1 is 0.926 bits per heavy atom. The van der Waals surface area contributed by atoms with Gasteiger partial charge in [-0.2, -0.15) is 0 Å². The van der Waals surface area contributed by atoms with Crippen LogP contribution in [0.5, 0.6) is 23.0 Å². The van der Waals surface area contributed by atoms with E-state index in [9.17, 15) is 0 Å². The van der Waals surface area contributed by atoms with Gasteiger partial charge in [0.1, 0.15) is 0 Å². The first-order chi connectivity index (χ1) is 13.2. The van der Waals surface area contributed by atoms with E-state index in [-0.39, 0.29) is 5.41 Å². The number of nitrogens with one attached hydrogen (secondary N) is 1. The second kappa shape index (κ2) is 7.69. The lowest BCUT2D eigenvalue weighted by molar-refractivity contribution is 0.174. The monoisotopic (exact) mass is 369 g/mol. The lowest BCUT2D eigenvalue weighted by Crippen LogP contribution is -2.35. The van der Waals surface area contributed by atoms with E-state index in [1.165, 1.54) is 36.8 Å². The SMILES string of the molecule is COc1ccc(C2(CNCc3ccc4c(c3)OCO4)CCCC2)cc1OC. The predicted octanol–water partition coefficient (Wildman–Crippen LogP) is 4.03. The molecule has 0 amide bonds. The molecular formula is C22H27NO4. The molecule has 5 heteroatoms. The van der Waals surface area contributed by atoms with Crippen LogP contribution in [-0.2, 0) is 12.0 Å². The first-order valence-electron chi connectivity index (χ1n) is 9.56. The Hall–Kier alpha value is -2.40. The molecular weight excluding hydrogens is 342 g/mol. The van der Waals surface area contributed by atoms with Gasteiger partial charge in [-0.05, 0) is 48.2 Å². The summed E-state index contributed by atoms with van der Waals surface area (Å²) in [5, 5.41) is 3.67. The minimum Gasteiger partial charge on any atom is -0.493 e. The lowest BCUT2D eigenvalue weighted by Gasteiger charge is -2.31. The molecule has 1 N–H and O–H groups in total. The molecule has 5 nitrogen and oxygen atoms in total. The lowest BCUT2D eigenvalue weighted by atomic mass is 9.78. The Labute approximate surface area is 160 Å². The summed E-state index contributed by atoms with van der Waals surface area (Å²) in [6.07, 6.45) is 4.91. The quantitative estimate of drug-likeness (QED) is 0.798. The van der Waals surface area contributed by atoms with E-state index in [1.807, 2.05) is 12.1 Å². The summed E-state index contributed by atoms with van der Waals surface area (Å²) in [4.78, 5) is 0. The van der Waals surface area contributed by atoms with Crippen LogP contribution in [0.15, 0.2) is 36.4 Å². The van der Waals surface area contributed by atoms with Crippen molar-refractivity contribution in [3.63, 3.8) is 0 Å². The molecule has 2 aliphatic rings. The Morgan fingerprint density at radius 2 is 1.70 bits per heavy atom. The maximum absolute atomic E-state index is 5.53. The predicted molar refractivity (Wildman–Crippen MR) is 104 cm³/mol. The standard InChI is InChI=1S/C22H27NO4/c1-24-18-8-6-17(12-20(18)25-2)22(9-3-4-10-22)14-23-13-16-5-7-19-21(11-16)27-15-26-19/h5-8,11-12,23H,3-4,9-10,13-15H2,1-2H3. The van der Waals surface area contributed by atoms with E-state index >= 15 is 0 Å². The van der Waals surface area contributed by atoms with Gasteiger partial charge in [-0.25, -0.2) is 0 Å². The Bertz CT molecular complexity index is 799. The fourth-order valence-corrected chi connectivity index (χ4v) is 4.28. The highest BCUT2D eigenvalue weighted by molar-refractivity contribution is 5.46. The molecule has 0 bridgehead atoms. The molecule has 0 saturated heterocycles. The number of ether oxygens (including phenoxy) is 4. The van der Waals surface area contributed by atoms with Gasteiger partial charge in [0.2, 0.25) is 6.79 Å². The van der Waals surface area contributed by atoms with Crippen LogP contribution in [0.3, 0.4) is 0 Å². The average molecular weight is 369 g/mol. The molecule has 2 aromatic carbocycles. The molecule has 1 aliphatic heterocycles. The zero-order valence-corrected chi connectivity index (χ0v) is 16.0. The highest BCUT2D eigenvalue weighted by atomic mass is 16.7. The van der Waals surface area contributed by atoms with Crippen molar-refractivity contribution in [3.8, 4) is 23.0 Å². The summed E-state index contributed by atoms with van der Waals surface area (Å²) in [7, 11) is 3.37. The van der Waals surface area contributed by atoms with Crippen molar-refractivity contribution in [2.24, 2.45) is 0 Å². The van der Waals surface area contributed by atoms with Crippen molar-refractivity contribution < 1.29 is 18.9 Å². The summed E-state index contributed by atoms with van der Waals surface area (Å²) in [5.41, 5.74) is 2.69. The van der Waals surface area contributed by atoms with Gasteiger partial charge in [0.05, 0.1) is 14.2 Å². The average Bonchev–Trinajstić information content (AvgIpc) is 3.37. The summed E-state index contributed by atoms with van der Waals surface area (Å²) in [5.74, 6) is 3.25. The number of benzene rings is 2. The maximum atomic E-state index is 5.53. The van der Waals surface area contributed by atoms with Crippen LogP contribution >= 0.6 is 0 Å². The van der Waals surface area contributed by atoms with Gasteiger partial charge >= 0.3 is 0 Å². The van der Waals surface area contributed by atoms with Crippen molar-refractivity contribution in [1.82, 2.24) is 5.32 Å². The second-order valence-corrected chi connectivity index (χ2v) is 7.35. The summed E-state index contributed by atoms with van der Waals surface area (Å²) in [6.45, 7) is 2.07. The van der Waals surface area contributed by atoms with Crippen molar-refractivity contribution in [1.29, 1.82) is 0 Å². The highest BCUT2D eigenvalue weighted by Gasteiger charge is 2.35. The molecule has 27 heavy (non-hydrogen) atoms. The summed E-state index contributed by atoms with van der Waals surface area (Å²) in [6, 6.07) is 12.5. The van der Waals surface area contributed by atoms with E-state index in [0.717, 1.165) is 36.1 Å². The van der Waals surface area contributed by atoms with Crippen LogP contribution in [0.2, 0.25) is 0 Å². The molecule has 0 radical (unpaired) electrons. The molecule has 0 spiro atoms. The van der Waals surface area contributed by atoms with Gasteiger partial charge in [0.15, 0.2) is 23.0 Å². The Balaban J connectivity index is 1.48. The number of hydrogen-bond acceptors (Lipinski definition) is 5. The summed E-state index contributed by atoms with van der Waals surface area (Å²) < 4.78 is 21.8. The molecule has 1 heterocycles. The second-order valence-electron chi connectivity index (χ2n) is 7.35. The minimum absolute atomic E-state index is 0.149. The smallest absolute Gasteiger partial charge is 0.231 e. The van der Waals surface area contributed by atoms with Gasteiger partial charge in [-0.1, -0.05) is 25.0 Å². The zero-order valence-electron chi connectivity index (χ0n) is 16.0. The molecule has 0 aromatic heterocycles. The van der Waals surface area contributed by atoms with E-state index in [2.05, 4.69) is 29.6 Å². The van der Waals surface area contributed by atoms with E-state index in [1.54, 1.807) is 14.2 Å². The molecule has 0 atom stereocenters. The number of fused-ring (bicyclic) bond motifs is 1. The summed E-state index contributed by atoms with van der Waals surface area (Å²) >= 11 is 0. The van der Waals surface area contributed by atoms with E-state index < -0.39 is 0 Å². The van der Waals surface area contributed by atoms with Gasteiger partial charge in [0, 0.05) is 18.5 Å². The molecule has 1 saturated carbocycles. The fraction of sp³-hybridized carbons (Fsp3) is 0.455. The van der Waals surface area contributed by atoms with Gasteiger partial charge in [-0.15, -0.1) is 0 Å². The molecule has 1 fully saturated rings. The maximum Gasteiger partial charge on any atom is 0.231 e. The topological polar surface area (TPSA) is 49.0 Å². The van der Waals surface area contributed by atoms with Crippen LogP contribution in [0.25, 0.3) is 0 Å².